The van der Waals surface area contributed by atoms with Crippen molar-refractivity contribution in [1.82, 2.24) is 20.1 Å². The Morgan fingerprint density at radius 2 is 1.89 bits per heavy atom. The summed E-state index contributed by atoms with van der Waals surface area (Å²) in [5, 5.41) is 12.3. The highest BCUT2D eigenvalue weighted by atomic mass is 32.2. The van der Waals surface area contributed by atoms with Gasteiger partial charge in [-0.25, -0.2) is 0 Å². The second-order valence-corrected chi connectivity index (χ2v) is 8.66. The summed E-state index contributed by atoms with van der Waals surface area (Å²) >= 11 is 1.41. The van der Waals surface area contributed by atoms with Crippen LogP contribution in [-0.4, -0.2) is 32.5 Å². The van der Waals surface area contributed by atoms with E-state index < -0.39 is 0 Å². The Bertz CT molecular complexity index is 782. The topological polar surface area (TPSA) is 69.0 Å². The molecule has 1 N–H and O–H groups in total. The highest BCUT2D eigenvalue weighted by molar-refractivity contribution is 7.99. The number of nitrogens with zero attached hydrogens (tertiary/aromatic N) is 3. The molecule has 1 atom stereocenters. The molecule has 1 amide bonds. The molecular formula is C21H30N4O2S. The van der Waals surface area contributed by atoms with Crippen LogP contribution in [0.4, 0.5) is 0 Å². The summed E-state index contributed by atoms with van der Waals surface area (Å²) in [5.74, 6) is 2.47. The zero-order chi connectivity index (χ0) is 20.1. The molecule has 1 aliphatic carbocycles. The van der Waals surface area contributed by atoms with Crippen molar-refractivity contribution in [3.63, 3.8) is 0 Å². The SMILES string of the molecule is CC(C)c1ccc(OC(C)c2nnc(SCC(=O)NC3CCCC3)n2C)cc1. The van der Waals surface area contributed by atoms with Gasteiger partial charge in [0.1, 0.15) is 5.75 Å². The van der Waals surface area contributed by atoms with E-state index in [0.29, 0.717) is 17.7 Å². The van der Waals surface area contributed by atoms with Gasteiger partial charge in [0.25, 0.3) is 0 Å². The van der Waals surface area contributed by atoms with Crippen LogP contribution < -0.4 is 10.1 Å². The maximum atomic E-state index is 12.1. The predicted octanol–water partition coefficient (Wildman–Crippen LogP) is 4.23. The monoisotopic (exact) mass is 402 g/mol. The predicted molar refractivity (Wildman–Crippen MR) is 112 cm³/mol. The third kappa shape index (κ3) is 5.28. The smallest absolute Gasteiger partial charge is 0.230 e. The van der Waals surface area contributed by atoms with Crippen molar-refractivity contribution >= 4 is 17.7 Å². The molecule has 1 fully saturated rings. The van der Waals surface area contributed by atoms with E-state index in [2.05, 4.69) is 41.5 Å². The summed E-state index contributed by atoms with van der Waals surface area (Å²) in [6, 6.07) is 8.51. The zero-order valence-corrected chi connectivity index (χ0v) is 18.0. The number of carbonyl (C=O) groups is 1. The van der Waals surface area contributed by atoms with E-state index >= 15 is 0 Å². The summed E-state index contributed by atoms with van der Waals surface area (Å²) in [6.07, 6.45) is 4.38. The van der Waals surface area contributed by atoms with Crippen molar-refractivity contribution in [1.29, 1.82) is 0 Å². The lowest BCUT2D eigenvalue weighted by atomic mass is 10.0. The number of carbonyl (C=O) groups excluding carboxylic acids is 1. The molecule has 2 aromatic rings. The van der Waals surface area contributed by atoms with Crippen molar-refractivity contribution in [3.8, 4) is 5.75 Å². The van der Waals surface area contributed by atoms with Crippen LogP contribution in [0.2, 0.25) is 0 Å². The molecule has 152 valence electrons. The Kier molecular flexibility index (Phi) is 6.99. The molecule has 1 saturated carbocycles. The molecule has 1 unspecified atom stereocenters. The van der Waals surface area contributed by atoms with Crippen molar-refractivity contribution in [2.45, 2.75) is 69.7 Å². The van der Waals surface area contributed by atoms with Crippen LogP contribution in [0, 0.1) is 0 Å². The maximum absolute atomic E-state index is 12.1. The lowest BCUT2D eigenvalue weighted by Gasteiger charge is -2.15. The first-order valence-electron chi connectivity index (χ1n) is 10.0. The van der Waals surface area contributed by atoms with Gasteiger partial charge in [-0.1, -0.05) is 50.6 Å². The highest BCUT2D eigenvalue weighted by Gasteiger charge is 2.20. The Labute approximate surface area is 171 Å². The number of amides is 1. The first kappa shape index (κ1) is 20.7. The quantitative estimate of drug-likeness (QED) is 0.669. The van der Waals surface area contributed by atoms with E-state index in [9.17, 15) is 4.79 Å². The van der Waals surface area contributed by atoms with Crippen LogP contribution in [0.3, 0.4) is 0 Å². The normalized spacial score (nSPS) is 15.8. The first-order valence-corrected chi connectivity index (χ1v) is 11.0. The van der Waals surface area contributed by atoms with Crippen molar-refractivity contribution < 1.29 is 9.53 Å². The molecule has 0 saturated heterocycles. The van der Waals surface area contributed by atoms with Crippen LogP contribution >= 0.6 is 11.8 Å². The molecule has 0 spiro atoms. The summed E-state index contributed by atoms with van der Waals surface area (Å²) in [7, 11) is 1.91. The molecule has 3 rings (SSSR count). The molecule has 1 aromatic heterocycles. The van der Waals surface area contributed by atoms with E-state index in [-0.39, 0.29) is 12.0 Å². The third-order valence-corrected chi connectivity index (χ3v) is 6.16. The van der Waals surface area contributed by atoms with Gasteiger partial charge in [-0.3, -0.25) is 4.79 Å². The zero-order valence-electron chi connectivity index (χ0n) is 17.1. The number of nitrogens with one attached hydrogen (secondary N) is 1. The average molecular weight is 403 g/mol. The highest BCUT2D eigenvalue weighted by Crippen LogP contribution is 2.25. The van der Waals surface area contributed by atoms with E-state index in [1.165, 1.54) is 30.2 Å². The Morgan fingerprint density at radius 3 is 2.54 bits per heavy atom. The van der Waals surface area contributed by atoms with Gasteiger partial charge in [0, 0.05) is 13.1 Å². The lowest BCUT2D eigenvalue weighted by Crippen LogP contribution is -2.33. The largest absolute Gasteiger partial charge is 0.483 e. The molecule has 0 radical (unpaired) electrons. The van der Waals surface area contributed by atoms with Gasteiger partial charge in [0.15, 0.2) is 17.1 Å². The molecular weight excluding hydrogens is 372 g/mol. The van der Waals surface area contributed by atoms with Crippen LogP contribution in [0.1, 0.15) is 69.9 Å². The van der Waals surface area contributed by atoms with Crippen LogP contribution in [0.25, 0.3) is 0 Å². The Morgan fingerprint density at radius 1 is 1.21 bits per heavy atom. The summed E-state index contributed by atoms with van der Waals surface area (Å²) in [4.78, 5) is 12.1. The van der Waals surface area contributed by atoms with Crippen molar-refractivity contribution in [2.24, 2.45) is 7.05 Å². The molecule has 1 heterocycles. The van der Waals surface area contributed by atoms with Gasteiger partial charge < -0.3 is 14.6 Å². The van der Waals surface area contributed by atoms with Gasteiger partial charge in [-0.05, 0) is 43.4 Å². The van der Waals surface area contributed by atoms with Crippen molar-refractivity contribution in [3.05, 3.63) is 35.7 Å². The minimum absolute atomic E-state index is 0.0657. The van der Waals surface area contributed by atoms with Crippen LogP contribution in [-0.2, 0) is 11.8 Å². The number of thioether (sulfide) groups is 1. The minimum atomic E-state index is -0.232. The van der Waals surface area contributed by atoms with Gasteiger partial charge in [-0.2, -0.15) is 0 Å². The summed E-state index contributed by atoms with van der Waals surface area (Å²) in [6.45, 7) is 6.30. The Hall–Kier alpha value is -2.02. The number of hydrogen-bond donors (Lipinski definition) is 1. The van der Waals surface area contributed by atoms with Crippen LogP contribution in [0.15, 0.2) is 29.4 Å². The number of benzene rings is 1. The molecule has 1 aromatic carbocycles. The molecule has 0 aliphatic heterocycles. The summed E-state index contributed by atoms with van der Waals surface area (Å²) < 4.78 is 7.94. The maximum Gasteiger partial charge on any atom is 0.230 e. The van der Waals surface area contributed by atoms with E-state index in [4.69, 9.17) is 4.74 Å². The minimum Gasteiger partial charge on any atom is -0.483 e. The number of hydrogen-bond acceptors (Lipinski definition) is 5. The number of aromatic nitrogens is 3. The fraction of sp³-hybridized carbons (Fsp3) is 0.571. The molecule has 7 heteroatoms. The summed E-state index contributed by atoms with van der Waals surface area (Å²) in [5.41, 5.74) is 1.29. The van der Waals surface area contributed by atoms with E-state index in [1.807, 2.05) is 30.7 Å². The van der Waals surface area contributed by atoms with Gasteiger partial charge in [0.05, 0.1) is 5.75 Å². The third-order valence-electron chi connectivity index (χ3n) is 5.14. The Balaban J connectivity index is 1.54. The fourth-order valence-electron chi connectivity index (χ4n) is 3.46. The molecule has 28 heavy (non-hydrogen) atoms. The van der Waals surface area contributed by atoms with E-state index in [1.54, 1.807) is 0 Å². The molecule has 1 aliphatic rings. The molecule has 6 nitrogen and oxygen atoms in total. The second-order valence-electron chi connectivity index (χ2n) is 7.72. The molecule has 0 bridgehead atoms. The van der Waals surface area contributed by atoms with Gasteiger partial charge >= 0.3 is 0 Å². The van der Waals surface area contributed by atoms with Gasteiger partial charge in [0.2, 0.25) is 5.91 Å². The lowest BCUT2D eigenvalue weighted by molar-refractivity contribution is -0.119. The number of ether oxygens (including phenoxy) is 1. The van der Waals surface area contributed by atoms with Crippen molar-refractivity contribution in [2.75, 3.05) is 5.75 Å². The van der Waals surface area contributed by atoms with Gasteiger partial charge in [-0.15, -0.1) is 10.2 Å². The van der Waals surface area contributed by atoms with E-state index in [0.717, 1.165) is 29.6 Å². The first-order chi connectivity index (χ1) is 13.4. The number of rotatable bonds is 8. The second kappa shape index (κ2) is 9.45. The fourth-order valence-corrected chi connectivity index (χ4v) is 4.19. The average Bonchev–Trinajstić information content (AvgIpc) is 3.30. The standard InChI is InChI=1S/C21H30N4O2S/c1-14(2)16-9-11-18(12-10-16)27-15(3)20-23-24-21(25(20)4)28-13-19(26)22-17-7-5-6-8-17/h9-12,14-15,17H,5-8,13H2,1-4H3,(H,22,26). The van der Waals surface area contributed by atoms with Crippen LogP contribution in [0.5, 0.6) is 5.75 Å².